The van der Waals surface area contributed by atoms with E-state index in [2.05, 4.69) is 31.4 Å². The van der Waals surface area contributed by atoms with Gasteiger partial charge in [-0.05, 0) is 30.3 Å². The predicted octanol–water partition coefficient (Wildman–Crippen LogP) is 4.93. The van der Waals surface area contributed by atoms with Gasteiger partial charge in [0.05, 0.1) is 29.1 Å². The van der Waals surface area contributed by atoms with Crippen molar-refractivity contribution in [3.05, 3.63) is 92.6 Å². The number of rotatable bonds is 5. The fraction of sp³-hybridized carbons (Fsp3) is 0. The number of amides is 1. The van der Waals surface area contributed by atoms with Gasteiger partial charge in [0.1, 0.15) is 4.92 Å². The smallest absolute Gasteiger partial charge is 0.400 e. The Kier molecular flexibility index (Phi) is 5.36. The van der Waals surface area contributed by atoms with Crippen molar-refractivity contribution in [1.82, 2.24) is 10.4 Å². The van der Waals surface area contributed by atoms with Crippen molar-refractivity contribution in [2.75, 3.05) is 0 Å². The van der Waals surface area contributed by atoms with E-state index in [9.17, 15) is 14.9 Å². The number of aromatic nitrogens is 1. The van der Waals surface area contributed by atoms with Gasteiger partial charge in [-0.25, -0.2) is 10.4 Å². The van der Waals surface area contributed by atoms with E-state index in [1.54, 1.807) is 6.07 Å². The van der Waals surface area contributed by atoms with Gasteiger partial charge in [0.2, 0.25) is 0 Å². The van der Waals surface area contributed by atoms with E-state index in [1.165, 1.54) is 18.3 Å². The van der Waals surface area contributed by atoms with Gasteiger partial charge in [-0.1, -0.05) is 46.3 Å². The number of hydrazone groups is 1. The minimum atomic E-state index is -0.650. The second-order valence-electron chi connectivity index (χ2n) is 6.21. The molecule has 8 nitrogen and oxygen atoms in total. The molecule has 0 aliphatic carbocycles. The zero-order valence-electron chi connectivity index (χ0n) is 15.3. The molecule has 4 rings (SSSR count). The topological polar surface area (TPSA) is 111 Å². The molecule has 0 aliphatic rings. The van der Waals surface area contributed by atoms with Crippen molar-refractivity contribution >= 4 is 44.8 Å². The third-order valence-corrected chi connectivity index (χ3v) is 4.72. The lowest BCUT2D eigenvalue weighted by Gasteiger charge is -2.09. The molecule has 0 unspecified atom stereocenters. The third kappa shape index (κ3) is 4.11. The number of furan rings is 1. The van der Waals surface area contributed by atoms with Crippen LogP contribution < -0.4 is 5.43 Å². The molecule has 2 heterocycles. The molecule has 1 N–H and O–H groups in total. The number of carbonyl (C=O) groups excluding carboxylic acids is 1. The first-order valence-corrected chi connectivity index (χ1v) is 9.54. The molecule has 0 atom stereocenters. The van der Waals surface area contributed by atoms with Crippen molar-refractivity contribution in [1.29, 1.82) is 0 Å². The van der Waals surface area contributed by atoms with Gasteiger partial charge in [-0.2, -0.15) is 5.10 Å². The average molecular weight is 465 g/mol. The van der Waals surface area contributed by atoms with Gasteiger partial charge >= 0.3 is 5.88 Å². The lowest BCUT2D eigenvalue weighted by Crippen LogP contribution is -2.18. The summed E-state index contributed by atoms with van der Waals surface area (Å²) < 4.78 is 5.88. The van der Waals surface area contributed by atoms with Crippen LogP contribution in [0.4, 0.5) is 5.88 Å². The van der Waals surface area contributed by atoms with Crippen molar-refractivity contribution < 1.29 is 14.1 Å². The van der Waals surface area contributed by atoms with E-state index < -0.39 is 16.7 Å². The van der Waals surface area contributed by atoms with E-state index in [1.807, 2.05) is 48.5 Å². The van der Waals surface area contributed by atoms with Crippen molar-refractivity contribution in [3.8, 4) is 11.3 Å². The first kappa shape index (κ1) is 19.5. The Labute approximate surface area is 178 Å². The number of fused-ring (bicyclic) bond motifs is 1. The Bertz CT molecular complexity index is 1300. The molecule has 2 aromatic carbocycles. The fourth-order valence-electron chi connectivity index (χ4n) is 2.88. The van der Waals surface area contributed by atoms with Gasteiger partial charge in [0.25, 0.3) is 5.91 Å². The van der Waals surface area contributed by atoms with Gasteiger partial charge in [0, 0.05) is 15.4 Å². The van der Waals surface area contributed by atoms with Crippen LogP contribution >= 0.6 is 15.9 Å². The average Bonchev–Trinajstić information content (AvgIpc) is 3.22. The number of nitrogens with zero attached hydrogens (tertiary/aromatic N) is 3. The van der Waals surface area contributed by atoms with E-state index in [0.717, 1.165) is 10.0 Å². The number of halogens is 1. The third-order valence-electron chi connectivity index (χ3n) is 4.23. The summed E-state index contributed by atoms with van der Waals surface area (Å²) >= 11 is 3.45. The summed E-state index contributed by atoms with van der Waals surface area (Å²) in [5.74, 6) is -0.694. The lowest BCUT2D eigenvalue weighted by molar-refractivity contribution is -0.402. The number of nitro groups is 1. The number of carbonyl (C=O) groups is 1. The zero-order valence-corrected chi connectivity index (χ0v) is 16.9. The summed E-state index contributed by atoms with van der Waals surface area (Å²) in [5, 5.41) is 15.2. The molecule has 0 bridgehead atoms. The maximum Gasteiger partial charge on any atom is 0.433 e. The summed E-state index contributed by atoms with van der Waals surface area (Å²) in [7, 11) is 0. The summed E-state index contributed by atoms with van der Waals surface area (Å²) in [4.78, 5) is 27.5. The maximum absolute atomic E-state index is 12.8. The molecule has 2 aromatic heterocycles. The van der Waals surface area contributed by atoms with Gasteiger partial charge in [-0.3, -0.25) is 14.9 Å². The fourth-order valence-corrected chi connectivity index (χ4v) is 3.28. The quantitative estimate of drug-likeness (QED) is 0.255. The van der Waals surface area contributed by atoms with Crippen LogP contribution in [0.1, 0.15) is 16.1 Å². The van der Waals surface area contributed by atoms with Crippen LogP contribution in [0.5, 0.6) is 0 Å². The molecule has 4 aromatic rings. The Balaban J connectivity index is 1.65. The molecule has 9 heteroatoms. The SMILES string of the molecule is O=C(N/N=C\c1ccc([N+](=O)[O-])o1)c1cc(-c2cccc(Br)c2)nc2ccccc12. The monoisotopic (exact) mass is 464 g/mol. The largest absolute Gasteiger partial charge is 0.433 e. The second-order valence-corrected chi connectivity index (χ2v) is 7.13. The minimum absolute atomic E-state index is 0.149. The highest BCUT2D eigenvalue weighted by molar-refractivity contribution is 9.10. The number of para-hydroxylation sites is 1. The molecule has 1 amide bonds. The lowest BCUT2D eigenvalue weighted by atomic mass is 10.0. The molecular weight excluding hydrogens is 452 g/mol. The highest BCUT2D eigenvalue weighted by atomic mass is 79.9. The molecule has 0 saturated carbocycles. The number of benzene rings is 2. The minimum Gasteiger partial charge on any atom is -0.400 e. The Hall–Kier alpha value is -3.85. The second kappa shape index (κ2) is 8.26. The van der Waals surface area contributed by atoms with E-state index in [0.29, 0.717) is 22.2 Å². The summed E-state index contributed by atoms with van der Waals surface area (Å²) in [6.45, 7) is 0. The summed E-state index contributed by atoms with van der Waals surface area (Å²) in [5.41, 5.74) is 5.01. The number of hydrogen-bond acceptors (Lipinski definition) is 6. The van der Waals surface area contributed by atoms with Crippen LogP contribution in [0.2, 0.25) is 0 Å². The predicted molar refractivity (Wildman–Crippen MR) is 115 cm³/mol. The first-order valence-electron chi connectivity index (χ1n) is 8.74. The molecule has 0 fully saturated rings. The number of hydrogen-bond donors (Lipinski definition) is 1. The van der Waals surface area contributed by atoms with Crippen LogP contribution in [0, 0.1) is 10.1 Å². The van der Waals surface area contributed by atoms with Crippen LogP contribution in [0.15, 0.2) is 80.7 Å². The van der Waals surface area contributed by atoms with E-state index in [4.69, 9.17) is 4.42 Å². The van der Waals surface area contributed by atoms with Crippen LogP contribution in [-0.4, -0.2) is 22.0 Å². The number of pyridine rings is 1. The van der Waals surface area contributed by atoms with Gasteiger partial charge < -0.3 is 4.42 Å². The molecular formula is C21H13BrN4O4. The van der Waals surface area contributed by atoms with Crippen LogP contribution in [0.3, 0.4) is 0 Å². The summed E-state index contributed by atoms with van der Waals surface area (Å²) in [6, 6.07) is 19.2. The highest BCUT2D eigenvalue weighted by Crippen LogP contribution is 2.26. The molecule has 30 heavy (non-hydrogen) atoms. The Morgan fingerprint density at radius 3 is 2.73 bits per heavy atom. The van der Waals surface area contributed by atoms with Gasteiger partial charge in [-0.15, -0.1) is 0 Å². The Morgan fingerprint density at radius 1 is 1.13 bits per heavy atom. The zero-order chi connectivity index (χ0) is 21.1. The first-order chi connectivity index (χ1) is 14.5. The molecule has 0 saturated heterocycles. The molecule has 0 spiro atoms. The molecule has 148 valence electrons. The number of nitrogens with one attached hydrogen (secondary N) is 1. The maximum atomic E-state index is 12.8. The molecule has 0 aliphatic heterocycles. The van der Waals surface area contributed by atoms with Crippen molar-refractivity contribution in [3.63, 3.8) is 0 Å². The van der Waals surface area contributed by atoms with Crippen molar-refractivity contribution in [2.24, 2.45) is 5.10 Å². The highest BCUT2D eigenvalue weighted by Gasteiger charge is 2.14. The van der Waals surface area contributed by atoms with E-state index >= 15 is 0 Å². The Morgan fingerprint density at radius 2 is 1.97 bits per heavy atom. The van der Waals surface area contributed by atoms with Crippen molar-refractivity contribution in [2.45, 2.75) is 0 Å². The van der Waals surface area contributed by atoms with E-state index in [-0.39, 0.29) is 5.76 Å². The molecule has 0 radical (unpaired) electrons. The standard InChI is InChI=1S/C21H13BrN4O4/c22-14-5-3-4-13(10-14)19-11-17(16-6-1-2-7-18(16)24-19)21(27)25-23-12-15-8-9-20(30-15)26(28)29/h1-12H,(H,25,27)/b23-12-. The van der Waals surface area contributed by atoms with Gasteiger partial charge in [0.15, 0.2) is 5.76 Å². The summed E-state index contributed by atoms with van der Waals surface area (Å²) in [6.07, 6.45) is 1.20. The van der Waals surface area contributed by atoms with Crippen LogP contribution in [0.25, 0.3) is 22.2 Å². The normalized spacial score (nSPS) is 11.1. The van der Waals surface area contributed by atoms with Crippen LogP contribution in [-0.2, 0) is 0 Å².